The minimum absolute atomic E-state index is 0.156. The summed E-state index contributed by atoms with van der Waals surface area (Å²) in [5.74, 6) is 1.11. The Morgan fingerprint density at radius 1 is 0.971 bits per heavy atom. The molecule has 0 unspecified atom stereocenters. The predicted molar refractivity (Wildman–Crippen MR) is 133 cm³/mol. The Balaban J connectivity index is 1.33. The van der Waals surface area contributed by atoms with Crippen molar-refractivity contribution in [3.8, 4) is 28.3 Å². The van der Waals surface area contributed by atoms with Crippen LogP contribution in [0.2, 0.25) is 0 Å². The summed E-state index contributed by atoms with van der Waals surface area (Å²) in [5.41, 5.74) is 4.32. The number of nitrogens with one attached hydrogen (secondary N) is 1. The molecule has 2 N–H and O–H groups in total. The molecule has 8 heteroatoms. The lowest BCUT2D eigenvalue weighted by molar-refractivity contribution is 0.204. The van der Waals surface area contributed by atoms with Crippen molar-refractivity contribution < 1.29 is 5.11 Å². The Bertz CT molecular complexity index is 1220. The van der Waals surface area contributed by atoms with Crippen LogP contribution in [0.25, 0.3) is 22.5 Å². The first-order valence-corrected chi connectivity index (χ1v) is 12.1. The van der Waals surface area contributed by atoms with Gasteiger partial charge in [0.2, 0.25) is 0 Å². The van der Waals surface area contributed by atoms with Crippen molar-refractivity contribution in [2.75, 3.05) is 29.9 Å². The summed E-state index contributed by atoms with van der Waals surface area (Å²) in [6.45, 7) is 6.62. The lowest BCUT2D eigenvalue weighted by atomic mass is 9.84. The van der Waals surface area contributed by atoms with E-state index in [9.17, 15) is 5.11 Å². The smallest absolute Gasteiger partial charge is 0.175 e. The quantitative estimate of drug-likeness (QED) is 0.616. The molecule has 176 valence electrons. The van der Waals surface area contributed by atoms with Crippen molar-refractivity contribution in [3.63, 3.8) is 0 Å². The van der Waals surface area contributed by atoms with Gasteiger partial charge in [-0.2, -0.15) is 10.2 Å². The predicted octanol–water partition coefficient (Wildman–Crippen LogP) is 3.63. The number of piperidine rings is 1. The van der Waals surface area contributed by atoms with Crippen molar-refractivity contribution in [1.82, 2.24) is 25.7 Å². The molecular weight excluding hydrogens is 426 g/mol. The number of aromatic nitrogens is 4. The molecule has 0 spiro atoms. The van der Waals surface area contributed by atoms with E-state index in [1.807, 2.05) is 24.3 Å². The second kappa shape index (κ2) is 7.63. The summed E-state index contributed by atoms with van der Waals surface area (Å²) in [7, 11) is 2.10. The summed E-state index contributed by atoms with van der Waals surface area (Å²) in [4.78, 5) is 4.72. The first kappa shape index (κ1) is 21.3. The molecule has 0 aliphatic carbocycles. The third kappa shape index (κ3) is 3.57. The Hall–Kier alpha value is -3.26. The van der Waals surface area contributed by atoms with Crippen LogP contribution in [0.15, 0.2) is 42.6 Å². The van der Waals surface area contributed by atoms with Crippen molar-refractivity contribution in [3.05, 3.63) is 42.6 Å². The molecule has 0 saturated carbocycles. The topological polar surface area (TPSA) is 90.3 Å². The molecule has 3 aromatic rings. The third-order valence-corrected chi connectivity index (χ3v) is 7.90. The standard InChI is InChI=1S/C26H31N7O/c1-25-8-9-26(2,31-25)16-18(15-25)33-12-11-32(3)22-14-21(29-30-24(22)33)19-7-6-17(13-23(19)34)20-5-4-10-27-28-20/h4-7,10,13-14,18,31,34H,8-9,11-12,15-16H2,1-3H3/t18-,25-,26+. The number of likely N-dealkylation sites (N-methyl/N-ethyl adjacent to an activating group) is 1. The fourth-order valence-electron chi connectivity index (χ4n) is 6.24. The first-order chi connectivity index (χ1) is 16.3. The van der Waals surface area contributed by atoms with Crippen LogP contribution in [0, 0.1) is 0 Å². The van der Waals surface area contributed by atoms with Gasteiger partial charge < -0.3 is 20.2 Å². The number of aromatic hydroxyl groups is 1. The van der Waals surface area contributed by atoms with Crippen molar-refractivity contribution >= 4 is 11.5 Å². The molecule has 3 aliphatic heterocycles. The number of nitrogens with zero attached hydrogens (tertiary/aromatic N) is 6. The van der Waals surface area contributed by atoms with Gasteiger partial charge in [-0.05, 0) is 69.9 Å². The van der Waals surface area contributed by atoms with Gasteiger partial charge in [-0.3, -0.25) is 0 Å². The highest BCUT2D eigenvalue weighted by Gasteiger charge is 2.50. The van der Waals surface area contributed by atoms with Gasteiger partial charge in [0.1, 0.15) is 5.75 Å². The fourth-order valence-corrected chi connectivity index (χ4v) is 6.24. The summed E-state index contributed by atoms with van der Waals surface area (Å²) in [5, 5.41) is 32.0. The number of anilines is 2. The highest BCUT2D eigenvalue weighted by molar-refractivity contribution is 5.78. The van der Waals surface area contributed by atoms with Gasteiger partial charge in [0.25, 0.3) is 0 Å². The number of fused-ring (bicyclic) bond motifs is 3. The Morgan fingerprint density at radius 3 is 2.47 bits per heavy atom. The van der Waals surface area contributed by atoms with Crippen molar-refractivity contribution in [2.24, 2.45) is 0 Å². The van der Waals surface area contributed by atoms with Gasteiger partial charge in [0, 0.05) is 54.6 Å². The second-order valence-corrected chi connectivity index (χ2v) is 10.7. The fraction of sp³-hybridized carbons (Fsp3) is 0.462. The highest BCUT2D eigenvalue weighted by atomic mass is 16.3. The summed E-state index contributed by atoms with van der Waals surface area (Å²) >= 11 is 0. The number of phenols is 1. The van der Waals surface area contributed by atoms with Crippen LogP contribution in [0.5, 0.6) is 5.75 Å². The van der Waals surface area contributed by atoms with Crippen LogP contribution >= 0.6 is 0 Å². The van der Waals surface area contributed by atoms with Gasteiger partial charge in [-0.15, -0.1) is 10.2 Å². The minimum Gasteiger partial charge on any atom is -0.507 e. The second-order valence-electron chi connectivity index (χ2n) is 10.7. The van der Waals surface area contributed by atoms with Crippen LogP contribution in [-0.2, 0) is 0 Å². The van der Waals surface area contributed by atoms with E-state index in [1.54, 1.807) is 12.3 Å². The average molecular weight is 458 g/mol. The summed E-state index contributed by atoms with van der Waals surface area (Å²) < 4.78 is 0. The van der Waals surface area contributed by atoms with E-state index < -0.39 is 0 Å². The van der Waals surface area contributed by atoms with Gasteiger partial charge in [-0.1, -0.05) is 6.07 Å². The van der Waals surface area contributed by atoms with Gasteiger partial charge in [0.15, 0.2) is 5.82 Å². The molecule has 0 radical (unpaired) electrons. The number of phenolic OH excluding ortho intramolecular Hbond substituents is 1. The number of rotatable bonds is 3. The summed E-state index contributed by atoms with van der Waals surface area (Å²) in [6.07, 6.45) is 6.35. The molecular formula is C26H31N7O. The van der Waals surface area contributed by atoms with Gasteiger partial charge >= 0.3 is 0 Å². The molecule has 5 heterocycles. The lowest BCUT2D eigenvalue weighted by Crippen LogP contribution is -2.60. The maximum atomic E-state index is 10.8. The molecule has 2 fully saturated rings. The SMILES string of the molecule is CN1CCN([C@H]2C[C@]3(C)CC[C@](C)(C2)N3)c2nnc(-c3ccc(-c4cccnn4)cc3O)cc21. The molecule has 2 aromatic heterocycles. The largest absolute Gasteiger partial charge is 0.507 e. The zero-order chi connectivity index (χ0) is 23.5. The van der Waals surface area contributed by atoms with E-state index in [2.05, 4.69) is 57.4 Å². The van der Waals surface area contributed by atoms with Crippen LogP contribution in [0.1, 0.15) is 39.5 Å². The maximum absolute atomic E-state index is 10.8. The van der Waals surface area contributed by atoms with Gasteiger partial charge in [-0.25, -0.2) is 0 Å². The van der Waals surface area contributed by atoms with E-state index in [4.69, 9.17) is 5.10 Å². The van der Waals surface area contributed by atoms with Crippen molar-refractivity contribution in [1.29, 1.82) is 0 Å². The van der Waals surface area contributed by atoms with Crippen LogP contribution in [0.3, 0.4) is 0 Å². The zero-order valence-electron chi connectivity index (χ0n) is 20.0. The molecule has 3 aliphatic rings. The van der Waals surface area contributed by atoms with E-state index >= 15 is 0 Å². The van der Waals surface area contributed by atoms with Crippen LogP contribution < -0.4 is 15.1 Å². The first-order valence-electron chi connectivity index (χ1n) is 12.1. The maximum Gasteiger partial charge on any atom is 0.175 e. The number of benzene rings is 1. The van der Waals surface area contributed by atoms with Crippen molar-refractivity contribution in [2.45, 2.75) is 56.7 Å². The van der Waals surface area contributed by atoms with Crippen LogP contribution in [-0.4, -0.2) is 62.8 Å². The van der Waals surface area contributed by atoms with E-state index in [0.29, 0.717) is 17.3 Å². The molecule has 8 nitrogen and oxygen atoms in total. The zero-order valence-corrected chi connectivity index (χ0v) is 20.0. The minimum atomic E-state index is 0.156. The Kier molecular flexibility index (Phi) is 4.78. The molecule has 34 heavy (non-hydrogen) atoms. The monoisotopic (exact) mass is 457 g/mol. The summed E-state index contributed by atoms with van der Waals surface area (Å²) in [6, 6.07) is 11.7. The van der Waals surface area contributed by atoms with Gasteiger partial charge in [0.05, 0.1) is 17.1 Å². The lowest BCUT2D eigenvalue weighted by Gasteiger charge is -2.48. The molecule has 2 bridgehead atoms. The average Bonchev–Trinajstić information content (AvgIpc) is 3.06. The Morgan fingerprint density at radius 2 is 1.76 bits per heavy atom. The van der Waals surface area contributed by atoms with E-state index in [-0.39, 0.29) is 16.8 Å². The molecule has 3 atom stereocenters. The molecule has 6 rings (SSSR count). The molecule has 1 aromatic carbocycles. The number of hydrogen-bond acceptors (Lipinski definition) is 8. The molecule has 2 saturated heterocycles. The Labute approximate surface area is 200 Å². The molecule has 0 amide bonds. The number of hydrogen-bond donors (Lipinski definition) is 2. The normalized spacial score (nSPS) is 28.1. The highest BCUT2D eigenvalue weighted by Crippen LogP contribution is 2.46. The third-order valence-electron chi connectivity index (χ3n) is 7.90. The van der Waals surface area contributed by atoms with E-state index in [0.717, 1.165) is 48.7 Å². The van der Waals surface area contributed by atoms with Crippen LogP contribution in [0.4, 0.5) is 11.5 Å². The van der Waals surface area contributed by atoms with E-state index in [1.165, 1.54) is 12.8 Å².